The van der Waals surface area contributed by atoms with Crippen molar-refractivity contribution >= 4 is 27.8 Å². The Kier molecular flexibility index (Phi) is 9.10. The lowest BCUT2D eigenvalue weighted by Crippen LogP contribution is -2.39. The first-order valence-electron chi connectivity index (χ1n) is 10.5. The maximum atomic E-state index is 12.9. The fraction of sp³-hybridized carbons (Fsp3) is 0.391. The molecule has 33 heavy (non-hydrogen) atoms. The number of ether oxygens (including phenoxy) is 2. The molecule has 0 saturated carbocycles. The summed E-state index contributed by atoms with van der Waals surface area (Å²) in [4.78, 5) is 26.3. The van der Waals surface area contributed by atoms with Gasteiger partial charge >= 0.3 is 22.1 Å². The number of hydrogen-bond acceptors (Lipinski definition) is 7. The summed E-state index contributed by atoms with van der Waals surface area (Å²) in [6, 6.07) is 10.8. The molecule has 0 aromatic heterocycles. The molecule has 0 saturated heterocycles. The highest BCUT2D eigenvalue weighted by Gasteiger charge is 2.20. The molecule has 2 rings (SSSR count). The van der Waals surface area contributed by atoms with Crippen molar-refractivity contribution < 1.29 is 31.7 Å². The van der Waals surface area contributed by atoms with Crippen LogP contribution in [0.5, 0.6) is 11.5 Å². The van der Waals surface area contributed by atoms with E-state index in [1.165, 1.54) is 14.0 Å². The number of rotatable bonds is 10. The quantitative estimate of drug-likeness (QED) is 0.405. The van der Waals surface area contributed by atoms with Crippen LogP contribution in [0.1, 0.15) is 43.6 Å². The van der Waals surface area contributed by atoms with E-state index in [1.807, 2.05) is 13.8 Å². The molecule has 10 heteroatoms. The van der Waals surface area contributed by atoms with Crippen LogP contribution in [0.25, 0.3) is 0 Å². The lowest BCUT2D eigenvalue weighted by molar-refractivity contribution is 0.0526. The highest BCUT2D eigenvalue weighted by Crippen LogP contribution is 2.30. The first-order chi connectivity index (χ1) is 15.6. The minimum absolute atomic E-state index is 0.0653. The standard InChI is InChI=1S/C23H30N2O7S/c1-6-31-22(26)18-9-11-19(12-10-18)24-23(27)25(16(3)4)15-17-8-13-20(30-5)21(14-17)32-33(28,29)7-2/h8-14,16H,6-7,15H2,1-5H3,(H,24,27). The first-order valence-corrected chi connectivity index (χ1v) is 12.1. The molecule has 0 bridgehead atoms. The summed E-state index contributed by atoms with van der Waals surface area (Å²) < 4.78 is 39.1. The van der Waals surface area contributed by atoms with Crippen LogP contribution in [0, 0.1) is 0 Å². The summed E-state index contributed by atoms with van der Waals surface area (Å²) in [5.74, 6) is -0.272. The van der Waals surface area contributed by atoms with Crippen LogP contribution >= 0.6 is 0 Å². The second kappa shape index (κ2) is 11.6. The van der Waals surface area contributed by atoms with Crippen molar-refractivity contribution in [2.45, 2.75) is 40.3 Å². The van der Waals surface area contributed by atoms with E-state index in [-0.39, 0.29) is 42.5 Å². The lowest BCUT2D eigenvalue weighted by atomic mass is 10.1. The smallest absolute Gasteiger partial charge is 0.338 e. The van der Waals surface area contributed by atoms with Crippen LogP contribution in [0.15, 0.2) is 42.5 Å². The number of methoxy groups -OCH3 is 1. The highest BCUT2D eigenvalue weighted by atomic mass is 32.2. The van der Waals surface area contributed by atoms with Crippen LogP contribution < -0.4 is 14.2 Å². The summed E-state index contributed by atoms with van der Waals surface area (Å²) in [6.07, 6.45) is 0. The van der Waals surface area contributed by atoms with E-state index >= 15 is 0 Å². The number of carbonyl (C=O) groups is 2. The van der Waals surface area contributed by atoms with Crippen LogP contribution in [0.2, 0.25) is 0 Å². The molecule has 0 fully saturated rings. The van der Waals surface area contributed by atoms with Gasteiger partial charge in [0.05, 0.1) is 25.0 Å². The summed E-state index contributed by atoms with van der Waals surface area (Å²) in [5, 5.41) is 2.81. The zero-order valence-electron chi connectivity index (χ0n) is 19.5. The van der Waals surface area contributed by atoms with Crippen molar-refractivity contribution in [1.29, 1.82) is 0 Å². The monoisotopic (exact) mass is 478 g/mol. The van der Waals surface area contributed by atoms with Gasteiger partial charge in [-0.1, -0.05) is 6.07 Å². The van der Waals surface area contributed by atoms with Crippen LogP contribution in [-0.2, 0) is 21.4 Å². The molecule has 0 unspecified atom stereocenters. The molecule has 0 heterocycles. The van der Waals surface area contributed by atoms with Crippen molar-refractivity contribution in [3.05, 3.63) is 53.6 Å². The topological polar surface area (TPSA) is 111 Å². The van der Waals surface area contributed by atoms with Gasteiger partial charge in [-0.2, -0.15) is 8.42 Å². The predicted octanol–water partition coefficient (Wildman–Crippen LogP) is 4.04. The number of hydrogen-bond donors (Lipinski definition) is 1. The number of nitrogens with one attached hydrogen (secondary N) is 1. The summed E-state index contributed by atoms with van der Waals surface area (Å²) in [5.41, 5.74) is 1.58. The van der Waals surface area contributed by atoms with Gasteiger partial charge in [-0.15, -0.1) is 0 Å². The second-order valence-corrected chi connectivity index (χ2v) is 9.22. The van der Waals surface area contributed by atoms with Crippen LogP contribution in [0.4, 0.5) is 10.5 Å². The van der Waals surface area contributed by atoms with E-state index in [0.29, 0.717) is 16.8 Å². The van der Waals surface area contributed by atoms with Crippen LogP contribution in [-0.4, -0.2) is 50.8 Å². The van der Waals surface area contributed by atoms with Gasteiger partial charge in [-0.25, -0.2) is 9.59 Å². The van der Waals surface area contributed by atoms with Gasteiger partial charge in [0.1, 0.15) is 0 Å². The Morgan fingerprint density at radius 1 is 1.03 bits per heavy atom. The molecule has 0 aliphatic rings. The van der Waals surface area contributed by atoms with E-state index in [2.05, 4.69) is 5.32 Å². The number of benzene rings is 2. The number of nitrogens with zero attached hydrogens (tertiary/aromatic N) is 1. The van der Waals surface area contributed by atoms with Gasteiger partial charge in [-0.3, -0.25) is 0 Å². The number of anilines is 1. The number of esters is 1. The van der Waals surface area contributed by atoms with Gasteiger partial charge in [0, 0.05) is 18.3 Å². The van der Waals surface area contributed by atoms with Crippen LogP contribution in [0.3, 0.4) is 0 Å². The molecule has 2 amide bonds. The van der Waals surface area contributed by atoms with E-state index < -0.39 is 16.1 Å². The summed E-state index contributed by atoms with van der Waals surface area (Å²) in [6.45, 7) is 7.43. The van der Waals surface area contributed by atoms with E-state index in [1.54, 1.807) is 54.3 Å². The zero-order chi connectivity index (χ0) is 24.6. The molecule has 9 nitrogen and oxygen atoms in total. The van der Waals surface area contributed by atoms with Crippen molar-refractivity contribution in [3.8, 4) is 11.5 Å². The average molecular weight is 479 g/mol. The maximum absolute atomic E-state index is 12.9. The Labute approximate surface area is 194 Å². The molecular weight excluding hydrogens is 448 g/mol. The van der Waals surface area contributed by atoms with Gasteiger partial charge < -0.3 is 23.9 Å². The average Bonchev–Trinajstić information content (AvgIpc) is 2.77. The Hall–Kier alpha value is -3.27. The largest absolute Gasteiger partial charge is 0.493 e. The first kappa shape index (κ1) is 26.0. The van der Waals surface area contributed by atoms with Gasteiger partial charge in [0.2, 0.25) is 0 Å². The fourth-order valence-corrected chi connectivity index (χ4v) is 3.39. The molecule has 0 atom stereocenters. The Morgan fingerprint density at radius 2 is 1.70 bits per heavy atom. The maximum Gasteiger partial charge on any atom is 0.338 e. The minimum atomic E-state index is -3.74. The van der Waals surface area contributed by atoms with E-state index in [0.717, 1.165) is 0 Å². The molecule has 2 aromatic carbocycles. The molecule has 2 aromatic rings. The van der Waals surface area contributed by atoms with E-state index in [4.69, 9.17) is 13.7 Å². The van der Waals surface area contributed by atoms with Crippen molar-refractivity contribution in [3.63, 3.8) is 0 Å². The predicted molar refractivity (Wildman–Crippen MR) is 125 cm³/mol. The van der Waals surface area contributed by atoms with Gasteiger partial charge in [0.15, 0.2) is 11.5 Å². The number of amides is 2. The lowest BCUT2D eigenvalue weighted by Gasteiger charge is -2.27. The SMILES string of the molecule is CCOC(=O)c1ccc(NC(=O)N(Cc2ccc(OC)c(OS(=O)(=O)CC)c2)C(C)C)cc1. The zero-order valence-corrected chi connectivity index (χ0v) is 20.3. The Balaban J connectivity index is 2.18. The summed E-state index contributed by atoms with van der Waals surface area (Å²) >= 11 is 0. The van der Waals surface area contributed by atoms with Crippen molar-refractivity contribution in [2.75, 3.05) is 24.8 Å². The normalized spacial score (nSPS) is 11.1. The molecule has 180 valence electrons. The van der Waals surface area contributed by atoms with Crippen molar-refractivity contribution in [2.24, 2.45) is 0 Å². The molecule has 1 N–H and O–H groups in total. The Morgan fingerprint density at radius 3 is 2.24 bits per heavy atom. The van der Waals surface area contributed by atoms with Gasteiger partial charge in [0.25, 0.3) is 0 Å². The minimum Gasteiger partial charge on any atom is -0.493 e. The fourth-order valence-electron chi connectivity index (χ4n) is 2.87. The number of urea groups is 1. The molecule has 0 aliphatic carbocycles. The molecule has 0 radical (unpaired) electrons. The van der Waals surface area contributed by atoms with E-state index in [9.17, 15) is 18.0 Å². The van der Waals surface area contributed by atoms with Crippen molar-refractivity contribution in [1.82, 2.24) is 4.90 Å². The number of carbonyl (C=O) groups excluding carboxylic acids is 2. The van der Waals surface area contributed by atoms with Gasteiger partial charge in [-0.05, 0) is 69.7 Å². The third-order valence-electron chi connectivity index (χ3n) is 4.68. The molecule has 0 aliphatic heterocycles. The summed E-state index contributed by atoms with van der Waals surface area (Å²) in [7, 11) is -2.32. The second-order valence-electron chi connectivity index (χ2n) is 7.36. The third-order valence-corrected chi connectivity index (χ3v) is 5.82. The third kappa shape index (κ3) is 7.38. The molecule has 0 spiro atoms. The Bertz CT molecular complexity index is 1070. The molecular formula is C23H30N2O7S. The highest BCUT2D eigenvalue weighted by molar-refractivity contribution is 7.87.